The maximum atomic E-state index is 5.91. The highest BCUT2D eigenvalue weighted by Gasteiger charge is 2.24. The highest BCUT2D eigenvalue weighted by Crippen LogP contribution is 2.23. The van der Waals surface area contributed by atoms with Crippen LogP contribution in [0.4, 0.5) is 5.82 Å². The van der Waals surface area contributed by atoms with Gasteiger partial charge < -0.3 is 11.1 Å². The lowest BCUT2D eigenvalue weighted by molar-refractivity contribution is 0.406. The predicted molar refractivity (Wildman–Crippen MR) is 73.5 cm³/mol. The molecule has 0 saturated heterocycles. The maximum absolute atomic E-state index is 5.91. The monoisotopic (exact) mass is 247 g/mol. The van der Waals surface area contributed by atoms with E-state index in [0.717, 1.165) is 17.8 Å². The molecule has 18 heavy (non-hydrogen) atoms. The molecule has 0 aliphatic heterocycles. The molecule has 5 heteroatoms. The van der Waals surface area contributed by atoms with Gasteiger partial charge in [-0.1, -0.05) is 13.8 Å². The van der Waals surface area contributed by atoms with Crippen molar-refractivity contribution in [1.82, 2.24) is 14.6 Å². The number of hydrogen-bond donors (Lipinski definition) is 2. The summed E-state index contributed by atoms with van der Waals surface area (Å²) in [5.41, 5.74) is 6.74. The molecular weight excluding hydrogens is 226 g/mol. The molecule has 2 heterocycles. The molecule has 0 saturated carbocycles. The van der Waals surface area contributed by atoms with Crippen molar-refractivity contribution < 1.29 is 0 Å². The van der Waals surface area contributed by atoms with Gasteiger partial charge in [-0.2, -0.15) is 5.10 Å². The molecule has 2 rings (SSSR count). The molecule has 1 atom stereocenters. The van der Waals surface area contributed by atoms with Crippen LogP contribution in [0.5, 0.6) is 0 Å². The minimum atomic E-state index is -0.146. The fourth-order valence-electron chi connectivity index (χ4n) is 2.33. The van der Waals surface area contributed by atoms with Crippen LogP contribution in [-0.2, 0) is 0 Å². The zero-order chi connectivity index (χ0) is 13.2. The standard InChI is InChI=1S/C13H21N5/c1-10(2)8-13(3,9-14)17-12-11-4-5-16-18(11)7-6-15-12/h4-7,10H,8-9,14H2,1-3H3,(H,15,17). The summed E-state index contributed by atoms with van der Waals surface area (Å²) in [7, 11) is 0. The van der Waals surface area contributed by atoms with Gasteiger partial charge in [0.1, 0.15) is 5.52 Å². The molecule has 2 aromatic rings. The lowest BCUT2D eigenvalue weighted by Crippen LogP contribution is -2.44. The Balaban J connectivity index is 2.29. The molecule has 0 aliphatic rings. The molecule has 0 bridgehead atoms. The smallest absolute Gasteiger partial charge is 0.152 e. The first-order chi connectivity index (χ1) is 8.54. The zero-order valence-corrected chi connectivity index (χ0v) is 11.2. The Hall–Kier alpha value is -1.62. The molecule has 0 aromatic carbocycles. The Labute approximate surface area is 107 Å². The van der Waals surface area contributed by atoms with E-state index in [4.69, 9.17) is 5.73 Å². The number of anilines is 1. The number of nitrogens with one attached hydrogen (secondary N) is 1. The summed E-state index contributed by atoms with van der Waals surface area (Å²) in [5, 5.41) is 7.67. The third kappa shape index (κ3) is 2.61. The normalized spacial score (nSPS) is 14.9. The number of fused-ring (bicyclic) bond motifs is 1. The summed E-state index contributed by atoms with van der Waals surface area (Å²) >= 11 is 0. The third-order valence-corrected chi connectivity index (χ3v) is 3.05. The lowest BCUT2D eigenvalue weighted by atomic mass is 9.91. The van der Waals surface area contributed by atoms with E-state index in [1.54, 1.807) is 12.4 Å². The van der Waals surface area contributed by atoms with E-state index in [-0.39, 0.29) is 5.54 Å². The molecule has 5 nitrogen and oxygen atoms in total. The van der Waals surface area contributed by atoms with Crippen LogP contribution < -0.4 is 11.1 Å². The van der Waals surface area contributed by atoms with E-state index in [2.05, 4.69) is 36.2 Å². The fourth-order valence-corrected chi connectivity index (χ4v) is 2.33. The second-order valence-electron chi connectivity index (χ2n) is 5.42. The second kappa shape index (κ2) is 4.94. The summed E-state index contributed by atoms with van der Waals surface area (Å²) < 4.78 is 1.81. The molecule has 0 fully saturated rings. The molecule has 3 N–H and O–H groups in total. The average Bonchev–Trinajstić information content (AvgIpc) is 2.77. The molecule has 2 aromatic heterocycles. The third-order valence-electron chi connectivity index (χ3n) is 3.05. The van der Waals surface area contributed by atoms with E-state index >= 15 is 0 Å². The second-order valence-corrected chi connectivity index (χ2v) is 5.42. The fraction of sp³-hybridized carbons (Fsp3) is 0.538. The van der Waals surface area contributed by atoms with Crippen LogP contribution in [0.1, 0.15) is 27.2 Å². The van der Waals surface area contributed by atoms with Crippen molar-refractivity contribution in [2.75, 3.05) is 11.9 Å². The van der Waals surface area contributed by atoms with Crippen molar-refractivity contribution in [3.63, 3.8) is 0 Å². The van der Waals surface area contributed by atoms with Gasteiger partial charge in [0.05, 0.1) is 6.20 Å². The molecule has 0 amide bonds. The van der Waals surface area contributed by atoms with E-state index in [9.17, 15) is 0 Å². The summed E-state index contributed by atoms with van der Waals surface area (Å²) in [6.07, 6.45) is 6.35. The summed E-state index contributed by atoms with van der Waals surface area (Å²) in [5.74, 6) is 1.42. The summed E-state index contributed by atoms with van der Waals surface area (Å²) in [6.45, 7) is 7.10. The van der Waals surface area contributed by atoms with Crippen LogP contribution in [0.15, 0.2) is 24.7 Å². The van der Waals surface area contributed by atoms with E-state index in [0.29, 0.717) is 12.5 Å². The first-order valence-electron chi connectivity index (χ1n) is 6.31. The van der Waals surface area contributed by atoms with Gasteiger partial charge >= 0.3 is 0 Å². The summed E-state index contributed by atoms with van der Waals surface area (Å²) in [4.78, 5) is 4.39. The van der Waals surface area contributed by atoms with Gasteiger partial charge in [0, 0.05) is 24.5 Å². The summed E-state index contributed by atoms with van der Waals surface area (Å²) in [6, 6.07) is 1.95. The van der Waals surface area contributed by atoms with E-state index in [1.165, 1.54) is 0 Å². The number of nitrogens with two attached hydrogens (primary N) is 1. The van der Waals surface area contributed by atoms with Crippen molar-refractivity contribution >= 4 is 11.3 Å². The molecule has 0 aliphatic carbocycles. The van der Waals surface area contributed by atoms with Crippen LogP contribution in [0.3, 0.4) is 0 Å². The molecule has 98 valence electrons. The van der Waals surface area contributed by atoms with E-state index in [1.807, 2.05) is 16.8 Å². The Morgan fingerprint density at radius 3 is 2.89 bits per heavy atom. The van der Waals surface area contributed by atoms with Crippen molar-refractivity contribution in [3.8, 4) is 0 Å². The van der Waals surface area contributed by atoms with Crippen molar-refractivity contribution in [2.45, 2.75) is 32.7 Å². The predicted octanol–water partition coefficient (Wildman–Crippen LogP) is 1.90. The maximum Gasteiger partial charge on any atom is 0.152 e. The van der Waals surface area contributed by atoms with Crippen LogP contribution >= 0.6 is 0 Å². The van der Waals surface area contributed by atoms with E-state index < -0.39 is 0 Å². The first kappa shape index (κ1) is 12.8. The Morgan fingerprint density at radius 2 is 2.22 bits per heavy atom. The Kier molecular flexibility index (Phi) is 3.52. The number of hydrogen-bond acceptors (Lipinski definition) is 4. The minimum absolute atomic E-state index is 0.146. The highest BCUT2D eigenvalue weighted by atomic mass is 15.2. The average molecular weight is 247 g/mol. The van der Waals surface area contributed by atoms with Crippen molar-refractivity contribution in [2.24, 2.45) is 11.7 Å². The van der Waals surface area contributed by atoms with Crippen LogP contribution in [0, 0.1) is 5.92 Å². The quantitative estimate of drug-likeness (QED) is 0.846. The topological polar surface area (TPSA) is 68.2 Å². The first-order valence-corrected chi connectivity index (χ1v) is 6.31. The molecular formula is C13H21N5. The lowest BCUT2D eigenvalue weighted by Gasteiger charge is -2.31. The van der Waals surface area contributed by atoms with Gasteiger partial charge in [-0.05, 0) is 25.3 Å². The van der Waals surface area contributed by atoms with Crippen LogP contribution in [0.25, 0.3) is 5.52 Å². The van der Waals surface area contributed by atoms with Crippen LogP contribution in [-0.4, -0.2) is 26.7 Å². The van der Waals surface area contributed by atoms with Gasteiger partial charge in [0.15, 0.2) is 5.82 Å². The SMILES string of the molecule is CC(C)CC(C)(CN)Nc1nccn2nccc12. The van der Waals surface area contributed by atoms with Gasteiger partial charge in [0.25, 0.3) is 0 Å². The minimum Gasteiger partial charge on any atom is -0.362 e. The Bertz CT molecular complexity index is 519. The molecule has 0 spiro atoms. The van der Waals surface area contributed by atoms with Gasteiger partial charge in [-0.3, -0.25) is 0 Å². The van der Waals surface area contributed by atoms with Crippen LogP contribution in [0.2, 0.25) is 0 Å². The zero-order valence-electron chi connectivity index (χ0n) is 11.2. The van der Waals surface area contributed by atoms with Gasteiger partial charge in [0.2, 0.25) is 0 Å². The number of nitrogens with zero attached hydrogens (tertiary/aromatic N) is 3. The van der Waals surface area contributed by atoms with Gasteiger partial charge in [-0.15, -0.1) is 0 Å². The van der Waals surface area contributed by atoms with Crippen molar-refractivity contribution in [1.29, 1.82) is 0 Å². The molecule has 0 radical (unpaired) electrons. The Morgan fingerprint density at radius 1 is 1.44 bits per heavy atom. The number of aromatic nitrogens is 3. The van der Waals surface area contributed by atoms with Gasteiger partial charge in [-0.25, -0.2) is 9.50 Å². The molecule has 1 unspecified atom stereocenters. The van der Waals surface area contributed by atoms with Crippen molar-refractivity contribution in [3.05, 3.63) is 24.7 Å². The largest absolute Gasteiger partial charge is 0.362 e. The highest BCUT2D eigenvalue weighted by molar-refractivity contribution is 5.67. The number of rotatable bonds is 5.